The number of rotatable bonds is 3. The highest BCUT2D eigenvalue weighted by molar-refractivity contribution is 5.88. The van der Waals surface area contributed by atoms with Gasteiger partial charge >= 0.3 is 0 Å². The van der Waals surface area contributed by atoms with E-state index in [4.69, 9.17) is 0 Å². The summed E-state index contributed by atoms with van der Waals surface area (Å²) in [5.74, 6) is 0.212. The maximum Gasteiger partial charge on any atom is 0.228 e. The van der Waals surface area contributed by atoms with Gasteiger partial charge in [-0.05, 0) is 18.4 Å². The second kappa shape index (κ2) is 3.45. The Hall–Kier alpha value is -1.31. The molecule has 74 valence electrons. The molecule has 1 aromatic rings. The van der Waals surface area contributed by atoms with Gasteiger partial charge in [0.1, 0.15) is 0 Å². The van der Waals surface area contributed by atoms with Crippen molar-refractivity contribution in [3.8, 4) is 0 Å². The SMILES string of the molecule is CC[C@]1(Cc2ccccc2)CNC1=O. The van der Waals surface area contributed by atoms with Gasteiger partial charge in [0.25, 0.3) is 0 Å². The standard InChI is InChI=1S/C12H15NO/c1-2-12(9-13-11(12)14)8-10-6-4-3-5-7-10/h3-7H,2,8-9H2,1H3,(H,13,14)/t12-/m0/s1. The zero-order valence-electron chi connectivity index (χ0n) is 8.42. The van der Waals surface area contributed by atoms with Gasteiger partial charge in [-0.25, -0.2) is 0 Å². The van der Waals surface area contributed by atoms with E-state index in [2.05, 4.69) is 24.4 Å². The van der Waals surface area contributed by atoms with Gasteiger partial charge in [-0.3, -0.25) is 4.79 Å². The van der Waals surface area contributed by atoms with Gasteiger partial charge < -0.3 is 5.32 Å². The van der Waals surface area contributed by atoms with Crippen molar-refractivity contribution in [1.29, 1.82) is 0 Å². The molecule has 1 aromatic carbocycles. The van der Waals surface area contributed by atoms with E-state index >= 15 is 0 Å². The van der Waals surface area contributed by atoms with Crippen LogP contribution in [0.2, 0.25) is 0 Å². The molecule has 14 heavy (non-hydrogen) atoms. The molecule has 0 bridgehead atoms. The molecule has 1 saturated heterocycles. The fourth-order valence-electron chi connectivity index (χ4n) is 1.95. The van der Waals surface area contributed by atoms with E-state index in [1.807, 2.05) is 18.2 Å². The third-order valence-corrected chi connectivity index (χ3v) is 3.13. The zero-order chi connectivity index (χ0) is 10.0. The lowest BCUT2D eigenvalue weighted by Gasteiger charge is -2.40. The van der Waals surface area contributed by atoms with E-state index in [1.54, 1.807) is 0 Å². The Kier molecular flexibility index (Phi) is 2.28. The largest absolute Gasteiger partial charge is 0.354 e. The normalized spacial score (nSPS) is 25.4. The van der Waals surface area contributed by atoms with Crippen LogP contribution in [0.4, 0.5) is 0 Å². The first kappa shape index (κ1) is 9.25. The van der Waals surface area contributed by atoms with Gasteiger partial charge in [0.15, 0.2) is 0 Å². The predicted molar refractivity (Wildman–Crippen MR) is 55.9 cm³/mol. The maximum absolute atomic E-state index is 11.5. The molecule has 0 spiro atoms. The van der Waals surface area contributed by atoms with Gasteiger partial charge in [-0.15, -0.1) is 0 Å². The molecule has 2 nitrogen and oxygen atoms in total. The quantitative estimate of drug-likeness (QED) is 0.721. The average Bonchev–Trinajstić information content (AvgIpc) is 2.25. The van der Waals surface area contributed by atoms with Gasteiger partial charge in [0, 0.05) is 6.54 Å². The Balaban J connectivity index is 2.13. The molecule has 0 saturated carbocycles. The molecule has 1 aliphatic rings. The molecule has 1 atom stereocenters. The molecule has 0 radical (unpaired) electrons. The summed E-state index contributed by atoms with van der Waals surface area (Å²) in [7, 11) is 0. The Morgan fingerprint density at radius 1 is 1.36 bits per heavy atom. The molecular formula is C12H15NO. The first-order valence-corrected chi connectivity index (χ1v) is 5.09. The fourth-order valence-corrected chi connectivity index (χ4v) is 1.95. The van der Waals surface area contributed by atoms with Crippen molar-refractivity contribution in [1.82, 2.24) is 5.32 Å². The maximum atomic E-state index is 11.5. The lowest BCUT2D eigenvalue weighted by Crippen LogP contribution is -2.59. The summed E-state index contributed by atoms with van der Waals surface area (Å²) >= 11 is 0. The van der Waals surface area contributed by atoms with Crippen LogP contribution >= 0.6 is 0 Å². The van der Waals surface area contributed by atoms with Crippen molar-refractivity contribution in [3.05, 3.63) is 35.9 Å². The van der Waals surface area contributed by atoms with Gasteiger partial charge in [-0.2, -0.15) is 0 Å². The highest BCUT2D eigenvalue weighted by Crippen LogP contribution is 2.32. The van der Waals surface area contributed by atoms with Crippen LogP contribution in [0.5, 0.6) is 0 Å². The van der Waals surface area contributed by atoms with E-state index in [0.29, 0.717) is 0 Å². The second-order valence-electron chi connectivity index (χ2n) is 3.98. The number of hydrogen-bond acceptors (Lipinski definition) is 1. The predicted octanol–water partition coefficient (Wildman–Crippen LogP) is 1.76. The third-order valence-electron chi connectivity index (χ3n) is 3.13. The van der Waals surface area contributed by atoms with Crippen LogP contribution < -0.4 is 5.32 Å². The van der Waals surface area contributed by atoms with Crippen LogP contribution in [0.15, 0.2) is 30.3 Å². The van der Waals surface area contributed by atoms with Crippen molar-refractivity contribution < 1.29 is 4.79 Å². The molecular weight excluding hydrogens is 174 g/mol. The number of benzene rings is 1. The van der Waals surface area contributed by atoms with Crippen LogP contribution in [-0.2, 0) is 11.2 Å². The minimum Gasteiger partial charge on any atom is -0.354 e. The van der Waals surface area contributed by atoms with Crippen molar-refractivity contribution in [2.45, 2.75) is 19.8 Å². The van der Waals surface area contributed by atoms with Gasteiger partial charge in [0.05, 0.1) is 5.41 Å². The van der Waals surface area contributed by atoms with Crippen LogP contribution in [-0.4, -0.2) is 12.5 Å². The second-order valence-corrected chi connectivity index (χ2v) is 3.98. The first-order chi connectivity index (χ1) is 6.77. The topological polar surface area (TPSA) is 29.1 Å². The Bertz CT molecular complexity index is 329. The number of β-lactam (4-membered cyclic amide) rings is 1. The Morgan fingerprint density at radius 3 is 2.50 bits per heavy atom. The molecule has 0 aliphatic carbocycles. The van der Waals surface area contributed by atoms with E-state index in [0.717, 1.165) is 19.4 Å². The highest BCUT2D eigenvalue weighted by Gasteiger charge is 2.44. The van der Waals surface area contributed by atoms with Crippen molar-refractivity contribution in [2.24, 2.45) is 5.41 Å². The van der Waals surface area contributed by atoms with Crippen molar-refractivity contribution in [2.75, 3.05) is 6.54 Å². The first-order valence-electron chi connectivity index (χ1n) is 5.09. The minimum absolute atomic E-state index is 0.124. The minimum atomic E-state index is -0.124. The van der Waals surface area contributed by atoms with Gasteiger partial charge in [-0.1, -0.05) is 37.3 Å². The van der Waals surface area contributed by atoms with Crippen LogP contribution in [0.3, 0.4) is 0 Å². The molecule has 2 heteroatoms. The van der Waals surface area contributed by atoms with Crippen LogP contribution in [0, 0.1) is 5.41 Å². The number of nitrogens with one attached hydrogen (secondary N) is 1. The van der Waals surface area contributed by atoms with E-state index in [1.165, 1.54) is 5.56 Å². The summed E-state index contributed by atoms with van der Waals surface area (Å²) in [4.78, 5) is 11.5. The van der Waals surface area contributed by atoms with Crippen molar-refractivity contribution in [3.63, 3.8) is 0 Å². The molecule has 2 rings (SSSR count). The average molecular weight is 189 g/mol. The molecule has 1 fully saturated rings. The molecule has 0 aromatic heterocycles. The molecule has 0 unspecified atom stereocenters. The zero-order valence-corrected chi connectivity index (χ0v) is 8.42. The lowest BCUT2D eigenvalue weighted by atomic mass is 9.73. The Labute approximate surface area is 84.3 Å². The number of hydrogen-bond donors (Lipinski definition) is 1. The molecule has 1 amide bonds. The van der Waals surface area contributed by atoms with Crippen LogP contribution in [0.25, 0.3) is 0 Å². The molecule has 1 heterocycles. The molecule has 1 N–H and O–H groups in total. The fraction of sp³-hybridized carbons (Fsp3) is 0.417. The summed E-state index contributed by atoms with van der Waals surface area (Å²) in [5.41, 5.74) is 1.13. The smallest absolute Gasteiger partial charge is 0.228 e. The summed E-state index contributed by atoms with van der Waals surface area (Å²) in [6.07, 6.45) is 1.80. The van der Waals surface area contributed by atoms with E-state index in [9.17, 15) is 4.79 Å². The van der Waals surface area contributed by atoms with E-state index < -0.39 is 0 Å². The summed E-state index contributed by atoms with van der Waals surface area (Å²) in [6, 6.07) is 10.2. The monoisotopic (exact) mass is 189 g/mol. The lowest BCUT2D eigenvalue weighted by molar-refractivity contribution is -0.140. The number of amides is 1. The third kappa shape index (κ3) is 1.41. The van der Waals surface area contributed by atoms with E-state index in [-0.39, 0.29) is 11.3 Å². The van der Waals surface area contributed by atoms with Gasteiger partial charge in [0.2, 0.25) is 5.91 Å². The summed E-state index contributed by atoms with van der Waals surface area (Å²) in [6.45, 7) is 2.92. The highest BCUT2D eigenvalue weighted by atomic mass is 16.2. The summed E-state index contributed by atoms with van der Waals surface area (Å²) < 4.78 is 0. The molecule has 1 aliphatic heterocycles. The van der Waals surface area contributed by atoms with Crippen molar-refractivity contribution >= 4 is 5.91 Å². The van der Waals surface area contributed by atoms with Crippen LogP contribution in [0.1, 0.15) is 18.9 Å². The number of carbonyl (C=O) groups excluding carboxylic acids is 1. The summed E-state index contributed by atoms with van der Waals surface area (Å²) in [5, 5.41) is 2.83. The number of carbonyl (C=O) groups is 1. The Morgan fingerprint density at radius 2 is 2.07 bits per heavy atom.